The topological polar surface area (TPSA) is 83.1 Å². The number of aliphatic hydroxyl groups is 1. The number of hydrogen-bond donors (Lipinski definition) is 3. The second-order valence-corrected chi connectivity index (χ2v) is 8.25. The molecule has 4 aliphatic carbocycles. The van der Waals surface area contributed by atoms with E-state index in [-0.39, 0.29) is 11.6 Å². The molecule has 0 aromatic rings. The highest BCUT2D eigenvalue weighted by Crippen LogP contribution is 2.57. The zero-order chi connectivity index (χ0) is 15.4. The first kappa shape index (κ1) is 14.5. The fraction of sp³-hybridized carbons (Fsp3) is 0.882. The van der Waals surface area contributed by atoms with Crippen LogP contribution in [0.25, 0.3) is 0 Å². The van der Waals surface area contributed by atoms with Gasteiger partial charge in [0.1, 0.15) is 11.9 Å². The molecule has 22 heavy (non-hydrogen) atoms. The van der Waals surface area contributed by atoms with Crippen LogP contribution < -0.4 is 5.32 Å². The van der Waals surface area contributed by atoms with Crippen LogP contribution in [0.1, 0.15) is 51.4 Å². The van der Waals surface area contributed by atoms with Gasteiger partial charge in [-0.2, -0.15) is 5.26 Å². The summed E-state index contributed by atoms with van der Waals surface area (Å²) in [6.07, 6.45) is 8.29. The average molecular weight is 302 g/mol. The molecule has 0 spiro atoms. The van der Waals surface area contributed by atoms with Crippen LogP contribution in [0, 0.1) is 28.6 Å². The molecule has 5 nitrogen and oxygen atoms in total. The van der Waals surface area contributed by atoms with Crippen LogP contribution in [0.15, 0.2) is 0 Å². The highest BCUT2D eigenvalue weighted by atomic mass is 16.3. The maximum Gasteiger partial charge on any atom is 0.117 e. The molecule has 0 amide bonds. The smallest absolute Gasteiger partial charge is 0.117 e. The molecule has 2 unspecified atom stereocenters. The van der Waals surface area contributed by atoms with E-state index in [9.17, 15) is 10.4 Å². The van der Waals surface area contributed by atoms with Crippen molar-refractivity contribution in [1.82, 2.24) is 10.2 Å². The van der Waals surface area contributed by atoms with Gasteiger partial charge in [0.25, 0.3) is 0 Å². The molecule has 120 valence electrons. The zero-order valence-corrected chi connectivity index (χ0v) is 13.1. The van der Waals surface area contributed by atoms with Crippen molar-refractivity contribution >= 4 is 5.84 Å². The molecule has 1 saturated heterocycles. The van der Waals surface area contributed by atoms with Crippen LogP contribution in [0.2, 0.25) is 0 Å². The monoisotopic (exact) mass is 302 g/mol. The number of rotatable bonds is 3. The second-order valence-electron chi connectivity index (χ2n) is 8.25. The third-order valence-electron chi connectivity index (χ3n) is 6.41. The van der Waals surface area contributed by atoms with Gasteiger partial charge in [-0.05, 0) is 63.2 Å². The predicted molar refractivity (Wildman–Crippen MR) is 83.4 cm³/mol. The Bertz CT molecular complexity index is 511. The molecule has 0 aromatic carbocycles. The normalized spacial score (nSPS) is 46.0. The number of amidine groups is 1. The van der Waals surface area contributed by atoms with E-state index in [2.05, 4.69) is 11.4 Å². The Labute approximate surface area is 132 Å². The van der Waals surface area contributed by atoms with E-state index >= 15 is 0 Å². The quantitative estimate of drug-likeness (QED) is 0.546. The summed E-state index contributed by atoms with van der Waals surface area (Å²) in [6, 6.07) is 2.20. The van der Waals surface area contributed by atoms with Crippen molar-refractivity contribution in [1.29, 1.82) is 10.7 Å². The molecule has 1 aliphatic heterocycles. The van der Waals surface area contributed by atoms with Crippen molar-refractivity contribution in [3.8, 4) is 6.07 Å². The molecule has 5 aliphatic rings. The van der Waals surface area contributed by atoms with Gasteiger partial charge in [0.15, 0.2) is 0 Å². The SMILES string of the molecule is N#C[C@@H]1CCCN1C(=N)CNC12C[C@@H]3C[C@@H](CC(O)(C3)C1)C2. The van der Waals surface area contributed by atoms with Gasteiger partial charge in [-0.1, -0.05) is 0 Å². The Hall–Kier alpha value is -1.12. The lowest BCUT2D eigenvalue weighted by molar-refractivity contribution is -0.141. The number of nitrogens with one attached hydrogen (secondary N) is 2. The number of nitriles is 1. The van der Waals surface area contributed by atoms with Crippen molar-refractivity contribution in [3.05, 3.63) is 0 Å². The fourth-order valence-corrected chi connectivity index (χ4v) is 6.02. The summed E-state index contributed by atoms with van der Waals surface area (Å²) in [5, 5.41) is 31.9. The molecule has 3 N–H and O–H groups in total. The van der Waals surface area contributed by atoms with E-state index in [0.29, 0.717) is 24.2 Å². The van der Waals surface area contributed by atoms with E-state index < -0.39 is 5.60 Å². The van der Waals surface area contributed by atoms with Gasteiger partial charge in [0.05, 0.1) is 18.2 Å². The Balaban J connectivity index is 1.41. The van der Waals surface area contributed by atoms with Gasteiger partial charge >= 0.3 is 0 Å². The van der Waals surface area contributed by atoms with E-state index in [1.54, 1.807) is 0 Å². The number of likely N-dealkylation sites (tertiary alicyclic amines) is 1. The third kappa shape index (κ3) is 2.33. The summed E-state index contributed by atoms with van der Waals surface area (Å²) in [7, 11) is 0. The first-order valence-corrected chi connectivity index (χ1v) is 8.72. The highest BCUT2D eigenvalue weighted by molar-refractivity contribution is 5.82. The summed E-state index contributed by atoms with van der Waals surface area (Å²) in [5.41, 5.74) is -0.422. The molecule has 1 heterocycles. The molecule has 5 fully saturated rings. The Morgan fingerprint density at radius 1 is 1.32 bits per heavy atom. The zero-order valence-electron chi connectivity index (χ0n) is 13.1. The first-order valence-electron chi connectivity index (χ1n) is 8.72. The van der Waals surface area contributed by atoms with Crippen LogP contribution in [-0.2, 0) is 0 Å². The minimum absolute atomic E-state index is 0.0347. The summed E-state index contributed by atoms with van der Waals surface area (Å²) >= 11 is 0. The van der Waals surface area contributed by atoms with Crippen molar-refractivity contribution in [2.45, 2.75) is 68.5 Å². The molecular weight excluding hydrogens is 276 g/mol. The minimum atomic E-state index is -0.456. The van der Waals surface area contributed by atoms with Crippen LogP contribution in [0.5, 0.6) is 0 Å². The van der Waals surface area contributed by atoms with Gasteiger partial charge < -0.3 is 15.3 Å². The Morgan fingerprint density at radius 3 is 2.68 bits per heavy atom. The van der Waals surface area contributed by atoms with E-state index in [1.165, 1.54) is 6.42 Å². The van der Waals surface area contributed by atoms with Crippen molar-refractivity contribution in [2.24, 2.45) is 11.8 Å². The van der Waals surface area contributed by atoms with Gasteiger partial charge in [-0.15, -0.1) is 0 Å². The lowest BCUT2D eigenvalue weighted by Gasteiger charge is -2.60. The van der Waals surface area contributed by atoms with Gasteiger partial charge in [0.2, 0.25) is 0 Å². The Morgan fingerprint density at radius 2 is 2.05 bits per heavy atom. The lowest BCUT2D eigenvalue weighted by atomic mass is 9.51. The fourth-order valence-electron chi connectivity index (χ4n) is 6.02. The highest BCUT2D eigenvalue weighted by Gasteiger charge is 2.57. The van der Waals surface area contributed by atoms with Crippen molar-refractivity contribution in [3.63, 3.8) is 0 Å². The summed E-state index contributed by atoms with van der Waals surface area (Å²) in [6.45, 7) is 1.37. The van der Waals surface area contributed by atoms with Gasteiger partial charge in [-0.3, -0.25) is 5.41 Å². The molecule has 5 atom stereocenters. The van der Waals surface area contributed by atoms with E-state index in [1.807, 2.05) is 4.90 Å². The van der Waals surface area contributed by atoms with Crippen LogP contribution in [0.3, 0.4) is 0 Å². The molecule has 5 heteroatoms. The predicted octanol–water partition coefficient (Wildman–Crippen LogP) is 1.62. The second kappa shape index (κ2) is 4.94. The molecule has 0 radical (unpaired) electrons. The first-order chi connectivity index (χ1) is 10.5. The molecule has 4 saturated carbocycles. The summed E-state index contributed by atoms with van der Waals surface area (Å²) in [4.78, 5) is 1.95. The maximum atomic E-state index is 10.8. The standard InChI is InChI=1S/C17H26N4O/c18-9-14-2-1-3-21(14)15(19)10-20-16-5-12-4-13(6-16)8-17(22,7-12)11-16/h12-14,19-20,22H,1-8,10-11H2/t12-,13+,14-,16?,17?/m0/s1. The van der Waals surface area contributed by atoms with Gasteiger partial charge in [0, 0.05) is 12.1 Å². The number of hydrogen-bond acceptors (Lipinski definition) is 4. The molecule has 0 aromatic heterocycles. The molecule has 5 rings (SSSR count). The molecule has 4 bridgehead atoms. The largest absolute Gasteiger partial charge is 0.390 e. The van der Waals surface area contributed by atoms with Crippen molar-refractivity contribution < 1.29 is 5.11 Å². The summed E-state index contributed by atoms with van der Waals surface area (Å²) in [5.74, 6) is 1.87. The Kier molecular flexibility index (Phi) is 3.25. The average Bonchev–Trinajstić information content (AvgIpc) is 2.90. The minimum Gasteiger partial charge on any atom is -0.390 e. The molecular formula is C17H26N4O. The van der Waals surface area contributed by atoms with Crippen LogP contribution in [-0.4, -0.2) is 46.1 Å². The van der Waals surface area contributed by atoms with Crippen LogP contribution in [0.4, 0.5) is 0 Å². The van der Waals surface area contributed by atoms with Gasteiger partial charge in [-0.25, -0.2) is 0 Å². The number of nitrogens with zero attached hydrogens (tertiary/aromatic N) is 2. The third-order valence-corrected chi connectivity index (χ3v) is 6.41. The van der Waals surface area contributed by atoms with E-state index in [0.717, 1.165) is 51.5 Å². The van der Waals surface area contributed by atoms with Crippen molar-refractivity contribution in [2.75, 3.05) is 13.1 Å². The lowest BCUT2D eigenvalue weighted by Crippen LogP contribution is -2.65. The van der Waals surface area contributed by atoms with E-state index in [4.69, 9.17) is 5.41 Å². The van der Waals surface area contributed by atoms with Crippen LogP contribution >= 0.6 is 0 Å². The maximum absolute atomic E-state index is 10.8. The summed E-state index contributed by atoms with van der Waals surface area (Å²) < 4.78 is 0.